The molecule has 0 saturated carbocycles. The summed E-state index contributed by atoms with van der Waals surface area (Å²) in [4.78, 5) is 16.8. The van der Waals surface area contributed by atoms with E-state index in [2.05, 4.69) is 10.3 Å². The predicted molar refractivity (Wildman–Crippen MR) is 95.0 cm³/mol. The van der Waals surface area contributed by atoms with Gasteiger partial charge in [-0.2, -0.15) is 0 Å². The summed E-state index contributed by atoms with van der Waals surface area (Å²) in [7, 11) is 0. The van der Waals surface area contributed by atoms with Crippen molar-refractivity contribution in [2.75, 3.05) is 13.2 Å². The third-order valence-electron chi connectivity index (χ3n) is 4.21. The Hall–Kier alpha value is -3.08. The van der Waals surface area contributed by atoms with E-state index >= 15 is 0 Å². The predicted octanol–water partition coefficient (Wildman–Crippen LogP) is 3.19. The fourth-order valence-electron chi connectivity index (χ4n) is 2.95. The van der Waals surface area contributed by atoms with Gasteiger partial charge in [-0.15, -0.1) is 0 Å². The molecule has 3 aromatic rings. The molecule has 0 radical (unpaired) electrons. The number of rotatable bonds is 4. The van der Waals surface area contributed by atoms with E-state index in [4.69, 9.17) is 9.47 Å². The molecule has 1 N–H and O–H groups in total. The number of nitrogens with one attached hydrogen (secondary N) is 1. The second kappa shape index (κ2) is 6.81. The number of amides is 1. The van der Waals surface area contributed by atoms with Gasteiger partial charge in [0.25, 0.3) is 5.91 Å². The third-order valence-corrected chi connectivity index (χ3v) is 4.21. The number of nitrogens with zero attached hydrogens (tertiary/aromatic N) is 1. The Balaban J connectivity index is 1.37. The van der Waals surface area contributed by atoms with Crippen molar-refractivity contribution >= 4 is 16.8 Å². The zero-order valence-electron chi connectivity index (χ0n) is 13.6. The Morgan fingerprint density at radius 2 is 1.96 bits per heavy atom. The van der Waals surface area contributed by atoms with Crippen LogP contribution in [0, 0.1) is 0 Å². The summed E-state index contributed by atoms with van der Waals surface area (Å²) < 4.78 is 11.6. The first-order valence-electron chi connectivity index (χ1n) is 8.32. The van der Waals surface area contributed by atoms with Crippen LogP contribution in [0.5, 0.6) is 11.5 Å². The molecule has 4 rings (SSSR count). The number of para-hydroxylation sites is 2. The molecule has 2 heterocycles. The summed E-state index contributed by atoms with van der Waals surface area (Å²) >= 11 is 0. The Labute approximate surface area is 145 Å². The van der Waals surface area contributed by atoms with Gasteiger partial charge in [0, 0.05) is 30.1 Å². The summed E-state index contributed by atoms with van der Waals surface area (Å²) in [5.74, 6) is 1.42. The average molecular weight is 334 g/mol. The maximum absolute atomic E-state index is 12.5. The summed E-state index contributed by atoms with van der Waals surface area (Å²) in [5, 5.41) is 3.82. The van der Waals surface area contributed by atoms with Gasteiger partial charge in [0.05, 0.1) is 5.52 Å². The van der Waals surface area contributed by atoms with Gasteiger partial charge in [-0.25, -0.2) is 0 Å². The quantitative estimate of drug-likeness (QED) is 0.796. The lowest BCUT2D eigenvalue weighted by Crippen LogP contribution is -2.34. The van der Waals surface area contributed by atoms with E-state index in [1.807, 2.05) is 54.6 Å². The van der Waals surface area contributed by atoms with Crippen molar-refractivity contribution in [2.24, 2.45) is 0 Å². The van der Waals surface area contributed by atoms with Gasteiger partial charge >= 0.3 is 0 Å². The van der Waals surface area contributed by atoms with Gasteiger partial charge in [-0.3, -0.25) is 9.78 Å². The van der Waals surface area contributed by atoms with Gasteiger partial charge in [0.1, 0.15) is 12.7 Å². The summed E-state index contributed by atoms with van der Waals surface area (Å²) in [6.07, 6.45) is 2.34. The number of pyridine rings is 1. The average Bonchev–Trinajstić information content (AvgIpc) is 2.67. The molecule has 5 nitrogen and oxygen atoms in total. The SMILES string of the molecule is O=C(NCCC1COc2ccccc2O1)c1cccc2ncccc12. The molecule has 0 aliphatic carbocycles. The highest BCUT2D eigenvalue weighted by molar-refractivity contribution is 6.06. The number of fused-ring (bicyclic) bond motifs is 2. The number of benzene rings is 2. The molecule has 1 aliphatic heterocycles. The highest BCUT2D eigenvalue weighted by Crippen LogP contribution is 2.31. The molecule has 1 aliphatic rings. The Bertz CT molecular complexity index is 905. The summed E-state index contributed by atoms with van der Waals surface area (Å²) in [5.41, 5.74) is 1.45. The van der Waals surface area contributed by atoms with E-state index in [9.17, 15) is 4.79 Å². The first kappa shape index (κ1) is 15.4. The van der Waals surface area contributed by atoms with Crippen LogP contribution in [-0.4, -0.2) is 30.1 Å². The molecule has 1 amide bonds. The number of carbonyl (C=O) groups excluding carboxylic acids is 1. The van der Waals surface area contributed by atoms with Crippen molar-refractivity contribution in [3.05, 3.63) is 66.4 Å². The third kappa shape index (κ3) is 3.26. The first-order valence-corrected chi connectivity index (χ1v) is 8.32. The number of aromatic nitrogens is 1. The summed E-state index contributed by atoms with van der Waals surface area (Å²) in [6, 6.07) is 16.9. The van der Waals surface area contributed by atoms with Crippen molar-refractivity contribution in [1.29, 1.82) is 0 Å². The van der Waals surface area contributed by atoms with E-state index in [1.54, 1.807) is 6.20 Å². The van der Waals surface area contributed by atoms with E-state index < -0.39 is 0 Å². The van der Waals surface area contributed by atoms with Crippen molar-refractivity contribution < 1.29 is 14.3 Å². The maximum atomic E-state index is 12.5. The van der Waals surface area contributed by atoms with Crippen LogP contribution in [0.15, 0.2) is 60.8 Å². The van der Waals surface area contributed by atoms with Crippen molar-refractivity contribution in [1.82, 2.24) is 10.3 Å². The van der Waals surface area contributed by atoms with Crippen LogP contribution >= 0.6 is 0 Å². The molecule has 1 aromatic heterocycles. The topological polar surface area (TPSA) is 60.5 Å². The lowest BCUT2D eigenvalue weighted by molar-refractivity contribution is 0.0813. The Kier molecular flexibility index (Phi) is 4.21. The number of carbonyl (C=O) groups is 1. The fraction of sp³-hybridized carbons (Fsp3) is 0.200. The molecule has 25 heavy (non-hydrogen) atoms. The highest BCUT2D eigenvalue weighted by atomic mass is 16.6. The molecule has 5 heteroatoms. The number of hydrogen-bond acceptors (Lipinski definition) is 4. The van der Waals surface area contributed by atoms with Gasteiger partial charge in [-0.05, 0) is 30.3 Å². The van der Waals surface area contributed by atoms with E-state index in [0.29, 0.717) is 25.1 Å². The largest absolute Gasteiger partial charge is 0.486 e. The van der Waals surface area contributed by atoms with Gasteiger partial charge < -0.3 is 14.8 Å². The van der Waals surface area contributed by atoms with Crippen LogP contribution < -0.4 is 14.8 Å². The Morgan fingerprint density at radius 1 is 1.08 bits per heavy atom. The molecule has 0 bridgehead atoms. The molecule has 0 spiro atoms. The smallest absolute Gasteiger partial charge is 0.251 e. The zero-order chi connectivity index (χ0) is 17.1. The van der Waals surface area contributed by atoms with E-state index in [-0.39, 0.29) is 12.0 Å². The summed E-state index contributed by atoms with van der Waals surface area (Å²) in [6.45, 7) is 1.01. The molecule has 1 unspecified atom stereocenters. The molecular formula is C20H18N2O3. The second-order valence-electron chi connectivity index (χ2n) is 5.92. The first-order chi connectivity index (χ1) is 12.3. The van der Waals surface area contributed by atoms with Crippen molar-refractivity contribution in [3.63, 3.8) is 0 Å². The van der Waals surface area contributed by atoms with Gasteiger partial charge in [0.2, 0.25) is 0 Å². The standard InChI is InChI=1S/C20H18N2O3/c23-20(16-5-3-7-17-15(16)6-4-11-21-17)22-12-10-14-13-24-18-8-1-2-9-19(18)25-14/h1-9,11,14H,10,12-13H2,(H,22,23). The lowest BCUT2D eigenvalue weighted by atomic mass is 10.1. The zero-order valence-corrected chi connectivity index (χ0v) is 13.6. The van der Waals surface area contributed by atoms with E-state index in [1.165, 1.54) is 0 Å². The molecule has 1 atom stereocenters. The highest BCUT2D eigenvalue weighted by Gasteiger charge is 2.20. The Morgan fingerprint density at radius 3 is 2.88 bits per heavy atom. The van der Waals surface area contributed by atoms with Crippen LogP contribution in [0.25, 0.3) is 10.9 Å². The maximum Gasteiger partial charge on any atom is 0.251 e. The minimum atomic E-state index is -0.101. The fourth-order valence-corrected chi connectivity index (χ4v) is 2.95. The van der Waals surface area contributed by atoms with Crippen LogP contribution in [0.3, 0.4) is 0 Å². The molecule has 126 valence electrons. The normalized spacial score (nSPS) is 15.8. The van der Waals surface area contributed by atoms with Crippen LogP contribution in [0.4, 0.5) is 0 Å². The molecule has 2 aromatic carbocycles. The molecule has 0 saturated heterocycles. The number of ether oxygens (including phenoxy) is 2. The molecule has 0 fully saturated rings. The minimum absolute atomic E-state index is 0.0654. The van der Waals surface area contributed by atoms with Crippen molar-refractivity contribution in [3.8, 4) is 11.5 Å². The lowest BCUT2D eigenvalue weighted by Gasteiger charge is -2.26. The van der Waals surface area contributed by atoms with Crippen LogP contribution in [-0.2, 0) is 0 Å². The number of hydrogen-bond donors (Lipinski definition) is 1. The van der Waals surface area contributed by atoms with Crippen molar-refractivity contribution in [2.45, 2.75) is 12.5 Å². The minimum Gasteiger partial charge on any atom is -0.486 e. The van der Waals surface area contributed by atoms with Crippen LogP contribution in [0.1, 0.15) is 16.8 Å². The van der Waals surface area contributed by atoms with Gasteiger partial charge in [-0.1, -0.05) is 24.3 Å². The monoisotopic (exact) mass is 334 g/mol. The second-order valence-corrected chi connectivity index (χ2v) is 5.92. The molecular weight excluding hydrogens is 316 g/mol. The van der Waals surface area contributed by atoms with E-state index in [0.717, 1.165) is 22.4 Å². The van der Waals surface area contributed by atoms with Crippen LogP contribution in [0.2, 0.25) is 0 Å². The van der Waals surface area contributed by atoms with Gasteiger partial charge in [0.15, 0.2) is 11.5 Å².